The summed E-state index contributed by atoms with van der Waals surface area (Å²) in [4.78, 5) is 26.9. The van der Waals surface area contributed by atoms with Crippen LogP contribution in [-0.2, 0) is 19.1 Å². The lowest BCUT2D eigenvalue weighted by Gasteiger charge is -2.72. The molecule has 0 spiro atoms. The summed E-state index contributed by atoms with van der Waals surface area (Å²) in [7, 11) is 0. The predicted octanol–water partition coefficient (Wildman–Crippen LogP) is 9.89. The molecule has 4 fully saturated rings. The van der Waals surface area contributed by atoms with Crippen molar-refractivity contribution in [2.45, 2.75) is 164 Å². The van der Waals surface area contributed by atoms with Crippen molar-refractivity contribution in [2.24, 2.45) is 62.4 Å². The van der Waals surface area contributed by atoms with Crippen molar-refractivity contribution < 1.29 is 19.1 Å². The summed E-state index contributed by atoms with van der Waals surface area (Å²) in [5.41, 5.74) is 11.0. The van der Waals surface area contributed by atoms with E-state index >= 15 is 0 Å². The van der Waals surface area contributed by atoms with E-state index in [2.05, 4.69) is 60.3 Å². The van der Waals surface area contributed by atoms with Gasteiger partial charge >= 0.3 is 11.9 Å². The third kappa shape index (κ3) is 5.08. The Morgan fingerprint density at radius 3 is 2.00 bits per heavy atom. The summed E-state index contributed by atoms with van der Waals surface area (Å²) in [6.45, 7) is 27.1. The molecule has 9 atom stereocenters. The summed E-state index contributed by atoms with van der Waals surface area (Å²) in [5, 5.41) is 0. The Labute approximate surface area is 292 Å². The number of esters is 2. The van der Waals surface area contributed by atoms with Gasteiger partial charge in [-0.15, -0.1) is 0 Å². The number of fused-ring (bicyclic) bond motifs is 7. The molecule has 0 saturated heterocycles. The maximum atomic E-state index is 13.4. The molecule has 0 aromatic carbocycles. The van der Waals surface area contributed by atoms with Crippen LogP contribution < -0.4 is 5.73 Å². The maximum absolute atomic E-state index is 13.4. The molecule has 0 aromatic heterocycles. The molecule has 48 heavy (non-hydrogen) atoms. The molecule has 9 unspecified atom stereocenters. The minimum Gasteiger partial charge on any atom is -0.462 e. The zero-order valence-corrected chi connectivity index (χ0v) is 32.1. The van der Waals surface area contributed by atoms with E-state index in [4.69, 9.17) is 15.2 Å². The van der Waals surface area contributed by atoms with E-state index in [-0.39, 0.29) is 28.6 Å². The lowest BCUT2D eigenvalue weighted by atomic mass is 9.33. The third-order valence-corrected chi connectivity index (χ3v) is 16.0. The van der Waals surface area contributed by atoms with Gasteiger partial charge in [0.15, 0.2) is 5.41 Å². The fraction of sp³-hybridized carbons (Fsp3) is 0.814. The number of ether oxygens (including phenoxy) is 2. The van der Waals surface area contributed by atoms with Gasteiger partial charge in [-0.05, 0) is 174 Å². The molecule has 6 aliphatic rings. The minimum absolute atomic E-state index is 0.00424. The summed E-state index contributed by atoms with van der Waals surface area (Å²) in [6, 6.07) is 0. The van der Waals surface area contributed by atoms with E-state index in [1.165, 1.54) is 55.2 Å². The molecule has 268 valence electrons. The monoisotopic (exact) mass is 662 g/mol. The first kappa shape index (κ1) is 35.9. The fourth-order valence-corrected chi connectivity index (χ4v) is 13.6. The summed E-state index contributed by atoms with van der Waals surface area (Å²) in [6.07, 6.45) is 16.7. The van der Waals surface area contributed by atoms with Gasteiger partial charge in [0, 0.05) is 5.54 Å². The largest absolute Gasteiger partial charge is 0.462 e. The minimum atomic E-state index is -1.27. The van der Waals surface area contributed by atoms with Gasteiger partial charge in [0.2, 0.25) is 0 Å². The van der Waals surface area contributed by atoms with Crippen molar-refractivity contribution in [1.29, 1.82) is 0 Å². The molecular weight excluding hydrogens is 594 g/mol. The lowest BCUT2D eigenvalue weighted by molar-refractivity contribution is -0.219. The Morgan fingerprint density at radius 2 is 1.44 bits per heavy atom. The molecule has 0 heterocycles. The van der Waals surface area contributed by atoms with E-state index in [1.807, 2.05) is 27.7 Å². The normalized spacial score (nSPS) is 42.8. The second-order valence-electron chi connectivity index (χ2n) is 19.4. The first-order valence-electron chi connectivity index (χ1n) is 19.5. The lowest BCUT2D eigenvalue weighted by Crippen LogP contribution is -2.67. The number of carbonyl (C=O) groups is 2. The molecule has 2 N–H and O–H groups in total. The molecule has 5 nitrogen and oxygen atoms in total. The summed E-state index contributed by atoms with van der Waals surface area (Å²) in [5.74, 6) is 2.21. The van der Waals surface area contributed by atoms with Crippen molar-refractivity contribution in [3.8, 4) is 0 Å². The average molecular weight is 662 g/mol. The standard InChI is InChI=1S/C43H67NO4/c1-26(2)30-16-23-43(44)25-24-40(10)32(35(30)43)12-13-34-39(9)19-17-31(38(7,8)33(39)18-20-41(34,40)11)29-14-21-42(22-15-29,36(45)47-27(3)4)37(46)48-28(5)6/h14,17,27-28,30,32-35H,1,12-13,15-16,18-25,44H2,2-11H3. The Bertz CT molecular complexity index is 1380. The van der Waals surface area contributed by atoms with Crippen LogP contribution in [0, 0.1) is 56.7 Å². The molecule has 0 amide bonds. The van der Waals surface area contributed by atoms with E-state index in [1.54, 1.807) is 0 Å². The highest BCUT2D eigenvalue weighted by Crippen LogP contribution is 2.76. The van der Waals surface area contributed by atoms with Crippen LogP contribution in [0.2, 0.25) is 0 Å². The zero-order valence-electron chi connectivity index (χ0n) is 32.1. The fourth-order valence-electron chi connectivity index (χ4n) is 13.6. The highest BCUT2D eigenvalue weighted by atomic mass is 16.6. The highest BCUT2D eigenvalue weighted by molar-refractivity contribution is 6.00. The summed E-state index contributed by atoms with van der Waals surface area (Å²) >= 11 is 0. The number of carbonyl (C=O) groups excluding carboxylic acids is 2. The maximum Gasteiger partial charge on any atom is 0.324 e. The smallest absolute Gasteiger partial charge is 0.324 e. The molecule has 6 rings (SSSR count). The summed E-state index contributed by atoms with van der Waals surface area (Å²) < 4.78 is 11.3. The van der Waals surface area contributed by atoms with Crippen LogP contribution in [0.15, 0.2) is 35.5 Å². The number of hydrogen-bond acceptors (Lipinski definition) is 5. The molecule has 6 aliphatic carbocycles. The van der Waals surface area contributed by atoms with E-state index < -0.39 is 17.4 Å². The Kier molecular flexibility index (Phi) is 8.86. The van der Waals surface area contributed by atoms with Gasteiger partial charge in [-0.2, -0.15) is 0 Å². The quantitative estimate of drug-likeness (QED) is 0.174. The highest BCUT2D eigenvalue weighted by Gasteiger charge is 2.70. The Morgan fingerprint density at radius 1 is 0.792 bits per heavy atom. The van der Waals surface area contributed by atoms with Crippen molar-refractivity contribution in [1.82, 2.24) is 0 Å². The molecule has 0 bridgehead atoms. The van der Waals surface area contributed by atoms with Crippen LogP contribution in [0.4, 0.5) is 0 Å². The predicted molar refractivity (Wildman–Crippen MR) is 194 cm³/mol. The Hall–Kier alpha value is -1.88. The first-order chi connectivity index (χ1) is 22.3. The topological polar surface area (TPSA) is 78.6 Å². The van der Waals surface area contributed by atoms with Gasteiger partial charge in [0.05, 0.1) is 12.2 Å². The van der Waals surface area contributed by atoms with Gasteiger partial charge in [0.25, 0.3) is 0 Å². The zero-order chi connectivity index (χ0) is 35.2. The number of hydrogen-bond donors (Lipinski definition) is 1. The Balaban J connectivity index is 1.29. The van der Waals surface area contributed by atoms with Gasteiger partial charge in [-0.25, -0.2) is 0 Å². The molecule has 0 aliphatic heterocycles. The van der Waals surface area contributed by atoms with Crippen molar-refractivity contribution in [3.05, 3.63) is 35.5 Å². The number of rotatable bonds is 6. The van der Waals surface area contributed by atoms with Crippen molar-refractivity contribution in [2.75, 3.05) is 0 Å². The molecule has 5 heteroatoms. The SMILES string of the molecule is C=C(C)C1CCC2(N)CCC3(C)C(CCC4C5(C)CC=C(C6=CCC(C(=O)OC(C)C)(C(=O)OC(C)C)CC6)C(C)(C)C5CCC43C)C12. The van der Waals surface area contributed by atoms with Crippen LogP contribution in [-0.4, -0.2) is 29.7 Å². The van der Waals surface area contributed by atoms with Gasteiger partial charge in [-0.3, -0.25) is 9.59 Å². The van der Waals surface area contributed by atoms with Gasteiger partial charge < -0.3 is 15.2 Å². The van der Waals surface area contributed by atoms with Crippen LogP contribution in [0.3, 0.4) is 0 Å². The van der Waals surface area contributed by atoms with Crippen LogP contribution in [0.25, 0.3) is 0 Å². The third-order valence-electron chi connectivity index (χ3n) is 16.0. The van der Waals surface area contributed by atoms with Crippen LogP contribution in [0.5, 0.6) is 0 Å². The van der Waals surface area contributed by atoms with E-state index in [0.29, 0.717) is 59.7 Å². The molecule has 4 saturated carbocycles. The average Bonchev–Trinajstić information content (AvgIpc) is 3.34. The molecule has 0 aromatic rings. The first-order valence-corrected chi connectivity index (χ1v) is 19.5. The molecular formula is C43H67NO4. The van der Waals surface area contributed by atoms with Crippen molar-refractivity contribution >= 4 is 11.9 Å². The van der Waals surface area contributed by atoms with Gasteiger partial charge in [-0.1, -0.05) is 58.9 Å². The second-order valence-corrected chi connectivity index (χ2v) is 19.4. The van der Waals surface area contributed by atoms with E-state index in [9.17, 15) is 9.59 Å². The van der Waals surface area contributed by atoms with Crippen molar-refractivity contribution in [3.63, 3.8) is 0 Å². The van der Waals surface area contributed by atoms with Crippen LogP contribution in [0.1, 0.15) is 146 Å². The number of allylic oxidation sites excluding steroid dienone is 5. The van der Waals surface area contributed by atoms with Gasteiger partial charge in [0.1, 0.15) is 0 Å². The number of nitrogens with two attached hydrogens (primary N) is 1. The van der Waals surface area contributed by atoms with E-state index in [0.717, 1.165) is 19.3 Å². The van der Waals surface area contributed by atoms with Crippen LogP contribution >= 0.6 is 0 Å². The molecule has 0 radical (unpaired) electrons. The second kappa shape index (κ2) is 11.8.